The van der Waals surface area contributed by atoms with Gasteiger partial charge in [-0.1, -0.05) is 6.07 Å². The van der Waals surface area contributed by atoms with Crippen LogP contribution in [-0.2, 0) is 22.6 Å². The van der Waals surface area contributed by atoms with E-state index in [0.29, 0.717) is 17.3 Å². The molecule has 0 saturated carbocycles. The van der Waals surface area contributed by atoms with Crippen molar-refractivity contribution >= 4 is 27.7 Å². The normalized spacial score (nSPS) is 16.8. The number of carboxylic acids is 1. The number of carbonyl (C=O) groups excluding carboxylic acids is 1. The van der Waals surface area contributed by atoms with Crippen molar-refractivity contribution in [3.05, 3.63) is 59.2 Å². The largest absolute Gasteiger partial charge is 0.478 e. The lowest BCUT2D eigenvalue weighted by molar-refractivity contribution is -0.137. The van der Waals surface area contributed by atoms with Gasteiger partial charge in [0.15, 0.2) is 0 Å². The maximum Gasteiger partial charge on any atom is 0.416 e. The lowest BCUT2D eigenvalue weighted by atomic mass is 9.96. The van der Waals surface area contributed by atoms with E-state index in [0.717, 1.165) is 23.1 Å². The van der Waals surface area contributed by atoms with E-state index in [9.17, 15) is 31.2 Å². The fourth-order valence-corrected chi connectivity index (χ4v) is 4.48. The van der Waals surface area contributed by atoms with Crippen LogP contribution in [0.4, 0.5) is 23.7 Å². The monoisotopic (exact) mass is 443 g/mol. The van der Waals surface area contributed by atoms with Gasteiger partial charge in [-0.25, -0.2) is 22.7 Å². The second kappa shape index (κ2) is 7.61. The number of halogens is 3. The molecule has 0 saturated heterocycles. The van der Waals surface area contributed by atoms with E-state index in [1.807, 2.05) is 0 Å². The summed E-state index contributed by atoms with van der Waals surface area (Å²) in [7, 11) is -4.37. The van der Waals surface area contributed by atoms with Gasteiger partial charge in [-0.3, -0.25) is 4.90 Å². The zero-order valence-corrected chi connectivity index (χ0v) is 16.0. The first kappa shape index (κ1) is 21.6. The number of benzene rings is 2. The van der Waals surface area contributed by atoms with Crippen molar-refractivity contribution in [3.8, 4) is 0 Å². The minimum Gasteiger partial charge on any atom is -0.478 e. The van der Waals surface area contributed by atoms with E-state index in [2.05, 4.69) is 4.72 Å². The molecule has 8 nitrogen and oxygen atoms in total. The van der Waals surface area contributed by atoms with Crippen molar-refractivity contribution in [3.63, 3.8) is 0 Å². The van der Waals surface area contributed by atoms with E-state index in [1.165, 1.54) is 18.2 Å². The van der Waals surface area contributed by atoms with Gasteiger partial charge >= 0.3 is 18.2 Å². The lowest BCUT2D eigenvalue weighted by Gasteiger charge is -2.34. The van der Waals surface area contributed by atoms with Gasteiger partial charge in [0.05, 0.1) is 16.0 Å². The molecular weight excluding hydrogens is 427 g/mol. The summed E-state index contributed by atoms with van der Waals surface area (Å²) in [6, 6.07) is 5.39. The number of nitrogens with two attached hydrogens (primary N) is 1. The number of fused-ring (bicyclic) bond motifs is 1. The van der Waals surface area contributed by atoms with Crippen LogP contribution in [0.5, 0.6) is 0 Å². The van der Waals surface area contributed by atoms with Crippen LogP contribution in [0.1, 0.15) is 21.5 Å². The van der Waals surface area contributed by atoms with Crippen LogP contribution >= 0.6 is 0 Å². The van der Waals surface area contributed by atoms with Gasteiger partial charge in [0.1, 0.15) is 0 Å². The third-order valence-electron chi connectivity index (χ3n) is 4.55. The Kier molecular flexibility index (Phi) is 5.48. The molecule has 0 spiro atoms. The highest BCUT2D eigenvalue weighted by Crippen LogP contribution is 2.31. The molecule has 4 N–H and O–H groups in total. The van der Waals surface area contributed by atoms with Crippen LogP contribution in [0, 0.1) is 0 Å². The fourth-order valence-electron chi connectivity index (χ4n) is 3.21. The predicted molar refractivity (Wildman–Crippen MR) is 99.6 cm³/mol. The number of anilines is 1. The summed E-state index contributed by atoms with van der Waals surface area (Å²) in [4.78, 5) is 23.5. The highest BCUT2D eigenvalue weighted by molar-refractivity contribution is 7.89. The Morgan fingerprint density at radius 3 is 2.47 bits per heavy atom. The smallest absolute Gasteiger partial charge is 0.416 e. The van der Waals surface area contributed by atoms with E-state index >= 15 is 0 Å². The molecule has 2 aromatic carbocycles. The Hall–Kier alpha value is -3.12. The number of aromatic carboxylic acids is 1. The summed E-state index contributed by atoms with van der Waals surface area (Å²) in [5.74, 6) is -1.21. The molecule has 1 aliphatic heterocycles. The van der Waals surface area contributed by atoms with Gasteiger partial charge in [-0.2, -0.15) is 13.2 Å². The topological polar surface area (TPSA) is 130 Å². The maximum atomic E-state index is 12.9. The van der Waals surface area contributed by atoms with Gasteiger partial charge < -0.3 is 10.8 Å². The summed E-state index contributed by atoms with van der Waals surface area (Å²) in [5, 5.41) is 9.15. The molecule has 0 aromatic heterocycles. The van der Waals surface area contributed by atoms with Crippen molar-refractivity contribution in [1.29, 1.82) is 0 Å². The molecule has 1 heterocycles. The Bertz CT molecular complexity index is 1120. The minimum absolute atomic E-state index is 0.0123. The molecule has 2 amide bonds. The Labute approximate surface area is 169 Å². The van der Waals surface area contributed by atoms with E-state index in [1.54, 1.807) is 0 Å². The summed E-state index contributed by atoms with van der Waals surface area (Å²) < 4.78 is 66.3. The van der Waals surface area contributed by atoms with E-state index < -0.39 is 44.7 Å². The number of amides is 2. The molecule has 1 aliphatic rings. The number of sulfonamides is 1. The average Bonchev–Trinajstić information content (AvgIpc) is 2.65. The summed E-state index contributed by atoms with van der Waals surface area (Å²) in [6.07, 6.45) is -4.70. The highest BCUT2D eigenvalue weighted by atomic mass is 32.2. The number of carboxylic acid groups (broad SMARTS) is 1. The molecule has 30 heavy (non-hydrogen) atoms. The number of urea groups is 1. The Morgan fingerprint density at radius 2 is 1.87 bits per heavy atom. The summed E-state index contributed by atoms with van der Waals surface area (Å²) in [5.41, 5.74) is 4.86. The standard InChI is InChI=1S/C18H16F3N3O5S/c19-18(20,21)12-2-1-3-14(8-12)30(28,29)23-13-7-11-6-10(16(25)26)4-5-15(11)24(9-13)17(22)27/h1-6,8,13,23H,7,9H2,(H2,22,27)(H,25,26). The molecule has 12 heteroatoms. The zero-order valence-electron chi connectivity index (χ0n) is 15.2. The number of primary amides is 1. The molecule has 1 unspecified atom stereocenters. The molecule has 1 atom stereocenters. The van der Waals surface area contributed by atoms with E-state index in [4.69, 9.17) is 10.8 Å². The molecule has 2 aromatic rings. The number of alkyl halides is 3. The van der Waals surface area contributed by atoms with Crippen LogP contribution in [0.15, 0.2) is 47.4 Å². The van der Waals surface area contributed by atoms with Crippen LogP contribution < -0.4 is 15.4 Å². The van der Waals surface area contributed by atoms with Crippen LogP contribution in [0.3, 0.4) is 0 Å². The lowest BCUT2D eigenvalue weighted by Crippen LogP contribution is -2.51. The van der Waals surface area contributed by atoms with Crippen molar-refractivity contribution in [2.45, 2.75) is 23.5 Å². The van der Waals surface area contributed by atoms with Crippen LogP contribution in [0.2, 0.25) is 0 Å². The quantitative estimate of drug-likeness (QED) is 0.667. The number of hydrogen-bond donors (Lipinski definition) is 3. The van der Waals surface area contributed by atoms with Gasteiger partial charge in [0.2, 0.25) is 10.0 Å². The first-order valence-electron chi connectivity index (χ1n) is 8.51. The highest BCUT2D eigenvalue weighted by Gasteiger charge is 2.34. The molecule has 0 radical (unpaired) electrons. The van der Waals surface area contributed by atoms with Gasteiger partial charge in [0, 0.05) is 18.3 Å². The van der Waals surface area contributed by atoms with Crippen molar-refractivity contribution in [1.82, 2.24) is 4.72 Å². The second-order valence-corrected chi connectivity index (χ2v) is 8.36. The Balaban J connectivity index is 1.92. The number of carbonyl (C=O) groups is 2. The first-order chi connectivity index (χ1) is 13.9. The number of nitrogens with one attached hydrogen (secondary N) is 1. The first-order valence-corrected chi connectivity index (χ1v) is 9.99. The SMILES string of the molecule is NC(=O)N1CC(NS(=O)(=O)c2cccc(C(F)(F)F)c2)Cc2cc(C(=O)O)ccc21. The molecule has 0 bridgehead atoms. The minimum atomic E-state index is -4.72. The molecular formula is C18H16F3N3O5S. The van der Waals surface area contributed by atoms with Crippen molar-refractivity contribution in [2.75, 3.05) is 11.4 Å². The predicted octanol–water partition coefficient (Wildman–Crippen LogP) is 2.19. The number of hydrogen-bond acceptors (Lipinski definition) is 4. The molecule has 0 fully saturated rings. The maximum absolute atomic E-state index is 12.9. The third-order valence-corrected chi connectivity index (χ3v) is 6.06. The fraction of sp³-hybridized carbons (Fsp3) is 0.222. The van der Waals surface area contributed by atoms with Gasteiger partial charge in [0.25, 0.3) is 0 Å². The second-order valence-electron chi connectivity index (χ2n) is 6.65. The average molecular weight is 443 g/mol. The Morgan fingerprint density at radius 1 is 1.17 bits per heavy atom. The van der Waals surface area contributed by atoms with Crippen molar-refractivity contribution in [2.24, 2.45) is 5.73 Å². The van der Waals surface area contributed by atoms with Crippen molar-refractivity contribution < 1.29 is 36.3 Å². The molecule has 160 valence electrons. The van der Waals surface area contributed by atoms with Crippen LogP contribution in [0.25, 0.3) is 0 Å². The number of nitrogens with zero attached hydrogens (tertiary/aromatic N) is 1. The summed E-state index contributed by atoms with van der Waals surface area (Å²) in [6.45, 7) is -0.174. The van der Waals surface area contributed by atoms with Crippen LogP contribution in [-0.4, -0.2) is 38.1 Å². The van der Waals surface area contributed by atoms with Gasteiger partial charge in [-0.05, 0) is 48.4 Å². The summed E-state index contributed by atoms with van der Waals surface area (Å²) >= 11 is 0. The molecule has 0 aliphatic carbocycles. The van der Waals surface area contributed by atoms with E-state index in [-0.39, 0.29) is 18.5 Å². The van der Waals surface area contributed by atoms with Gasteiger partial charge in [-0.15, -0.1) is 0 Å². The number of rotatable bonds is 4. The zero-order chi connectivity index (χ0) is 22.3. The third kappa shape index (κ3) is 4.39. The molecule has 3 rings (SSSR count).